The van der Waals surface area contributed by atoms with Gasteiger partial charge in [0, 0.05) is 24.8 Å². The van der Waals surface area contributed by atoms with Crippen LogP contribution in [0.25, 0.3) is 0 Å². The Bertz CT molecular complexity index is 378. The van der Waals surface area contributed by atoms with Gasteiger partial charge in [-0.15, -0.1) is 0 Å². The highest BCUT2D eigenvalue weighted by atomic mass is 16.5. The number of fused-ring (bicyclic) bond motifs is 1. The summed E-state index contributed by atoms with van der Waals surface area (Å²) in [6, 6.07) is 0. The first-order valence-corrected chi connectivity index (χ1v) is 4.21. The lowest BCUT2D eigenvalue weighted by atomic mass is 10.1. The molecule has 4 heteroatoms. The first kappa shape index (κ1) is 8.62. The van der Waals surface area contributed by atoms with Gasteiger partial charge in [0.25, 0.3) is 0 Å². The highest BCUT2D eigenvalue weighted by molar-refractivity contribution is 5.91. The summed E-state index contributed by atoms with van der Waals surface area (Å²) in [5, 5.41) is 2.96. The molecular formula is C10H10N2O2. The number of allylic oxidation sites excluding steroid dienone is 1. The molecule has 0 aromatic carbocycles. The predicted octanol–water partition coefficient (Wildman–Crippen LogP) is 0.831. The Morgan fingerprint density at radius 2 is 2.36 bits per heavy atom. The molecule has 0 aromatic heterocycles. The summed E-state index contributed by atoms with van der Waals surface area (Å²) in [4.78, 5) is 13.1. The summed E-state index contributed by atoms with van der Waals surface area (Å²) < 4.78 is 4.63. The number of hydrogen-bond acceptors (Lipinski definition) is 4. The van der Waals surface area contributed by atoms with E-state index >= 15 is 0 Å². The smallest absolute Gasteiger partial charge is 0.339 e. The van der Waals surface area contributed by atoms with Gasteiger partial charge < -0.3 is 15.0 Å². The fraction of sp³-hybridized carbons (Fsp3) is 0.100. The molecule has 0 amide bonds. The summed E-state index contributed by atoms with van der Waals surface area (Å²) in [6.07, 6.45) is 10.8. The molecule has 0 bridgehead atoms. The van der Waals surface area contributed by atoms with Crippen molar-refractivity contribution >= 4 is 5.97 Å². The van der Waals surface area contributed by atoms with Crippen molar-refractivity contribution < 1.29 is 9.53 Å². The van der Waals surface area contributed by atoms with E-state index in [0.29, 0.717) is 5.57 Å². The van der Waals surface area contributed by atoms with Crippen molar-refractivity contribution in [2.45, 2.75) is 0 Å². The zero-order valence-electron chi connectivity index (χ0n) is 7.73. The van der Waals surface area contributed by atoms with Crippen LogP contribution in [0.5, 0.6) is 0 Å². The fourth-order valence-electron chi connectivity index (χ4n) is 1.28. The molecule has 0 aliphatic carbocycles. The second-order valence-corrected chi connectivity index (χ2v) is 2.87. The largest absolute Gasteiger partial charge is 0.465 e. The molecule has 14 heavy (non-hydrogen) atoms. The number of esters is 1. The van der Waals surface area contributed by atoms with E-state index in [1.165, 1.54) is 7.11 Å². The second kappa shape index (κ2) is 3.41. The summed E-state index contributed by atoms with van der Waals surface area (Å²) >= 11 is 0. The monoisotopic (exact) mass is 190 g/mol. The molecule has 2 aliphatic rings. The number of nitrogens with one attached hydrogen (secondary N) is 1. The van der Waals surface area contributed by atoms with Gasteiger partial charge in [-0.2, -0.15) is 0 Å². The molecule has 0 radical (unpaired) electrons. The summed E-state index contributed by atoms with van der Waals surface area (Å²) in [5.74, 6) is -0.327. The fourth-order valence-corrected chi connectivity index (χ4v) is 1.28. The lowest BCUT2D eigenvalue weighted by molar-refractivity contribution is -0.135. The molecule has 2 aliphatic heterocycles. The van der Waals surface area contributed by atoms with Gasteiger partial charge in [-0.3, -0.25) is 0 Å². The van der Waals surface area contributed by atoms with Gasteiger partial charge in [0.1, 0.15) is 0 Å². The quantitative estimate of drug-likeness (QED) is 0.622. The number of nitrogens with zero attached hydrogens (tertiary/aromatic N) is 1. The van der Waals surface area contributed by atoms with Crippen LogP contribution in [-0.4, -0.2) is 18.0 Å². The maximum Gasteiger partial charge on any atom is 0.339 e. The SMILES string of the molecule is COC(=O)C1=CN2C=CNC=C2C=C1. The first-order valence-electron chi connectivity index (χ1n) is 4.21. The van der Waals surface area contributed by atoms with E-state index in [9.17, 15) is 4.79 Å². The van der Waals surface area contributed by atoms with Crippen LogP contribution < -0.4 is 5.32 Å². The van der Waals surface area contributed by atoms with Crippen molar-refractivity contribution in [3.05, 3.63) is 48.2 Å². The summed E-state index contributed by atoms with van der Waals surface area (Å²) in [5.41, 5.74) is 1.52. The second-order valence-electron chi connectivity index (χ2n) is 2.87. The molecule has 72 valence electrons. The van der Waals surface area contributed by atoms with Gasteiger partial charge in [0.05, 0.1) is 18.4 Å². The van der Waals surface area contributed by atoms with Crippen molar-refractivity contribution in [1.82, 2.24) is 10.2 Å². The maximum atomic E-state index is 11.2. The lowest BCUT2D eigenvalue weighted by Gasteiger charge is -2.23. The number of rotatable bonds is 1. The topological polar surface area (TPSA) is 41.6 Å². The average molecular weight is 190 g/mol. The zero-order valence-corrected chi connectivity index (χ0v) is 7.73. The van der Waals surface area contributed by atoms with Crippen molar-refractivity contribution in [1.29, 1.82) is 0 Å². The van der Waals surface area contributed by atoms with Crippen LogP contribution in [0.15, 0.2) is 48.2 Å². The molecule has 0 unspecified atom stereocenters. The van der Waals surface area contributed by atoms with Crippen molar-refractivity contribution in [3.63, 3.8) is 0 Å². The predicted molar refractivity (Wildman–Crippen MR) is 51.4 cm³/mol. The molecule has 1 N–H and O–H groups in total. The molecule has 0 aromatic rings. The van der Waals surface area contributed by atoms with Crippen LogP contribution in [0, 0.1) is 0 Å². The van der Waals surface area contributed by atoms with Crippen LogP contribution in [0.2, 0.25) is 0 Å². The highest BCUT2D eigenvalue weighted by Gasteiger charge is 2.15. The van der Waals surface area contributed by atoms with E-state index in [-0.39, 0.29) is 5.97 Å². The van der Waals surface area contributed by atoms with Gasteiger partial charge in [-0.25, -0.2) is 4.79 Å². The van der Waals surface area contributed by atoms with Crippen molar-refractivity contribution in [3.8, 4) is 0 Å². The van der Waals surface area contributed by atoms with Gasteiger partial charge in [0.2, 0.25) is 0 Å². The molecule has 0 saturated carbocycles. The molecule has 4 nitrogen and oxygen atoms in total. The number of hydrogen-bond donors (Lipinski definition) is 1. The Morgan fingerprint density at radius 3 is 3.14 bits per heavy atom. The van der Waals surface area contributed by atoms with Gasteiger partial charge in [-0.05, 0) is 12.2 Å². The van der Waals surface area contributed by atoms with E-state index in [4.69, 9.17) is 0 Å². The Hall–Kier alpha value is -1.97. The Labute approximate surface area is 81.8 Å². The molecule has 0 saturated heterocycles. The average Bonchev–Trinajstić information content (AvgIpc) is 2.27. The first-order chi connectivity index (χ1) is 6.81. The van der Waals surface area contributed by atoms with E-state index in [1.807, 2.05) is 23.4 Å². The van der Waals surface area contributed by atoms with Gasteiger partial charge >= 0.3 is 5.97 Å². The van der Waals surface area contributed by atoms with Crippen LogP contribution >= 0.6 is 0 Å². The third-order valence-corrected chi connectivity index (χ3v) is 1.99. The Balaban J connectivity index is 2.25. The van der Waals surface area contributed by atoms with E-state index < -0.39 is 0 Å². The minimum atomic E-state index is -0.327. The van der Waals surface area contributed by atoms with E-state index in [1.54, 1.807) is 18.5 Å². The maximum absolute atomic E-state index is 11.2. The van der Waals surface area contributed by atoms with Gasteiger partial charge in [0.15, 0.2) is 0 Å². The lowest BCUT2D eigenvalue weighted by Crippen LogP contribution is -2.20. The minimum Gasteiger partial charge on any atom is -0.465 e. The summed E-state index contributed by atoms with van der Waals surface area (Å²) in [6.45, 7) is 0. The number of carbonyl (C=O) groups is 1. The molecular weight excluding hydrogens is 180 g/mol. The van der Waals surface area contributed by atoms with Crippen LogP contribution in [0.1, 0.15) is 0 Å². The van der Waals surface area contributed by atoms with Crippen molar-refractivity contribution in [2.24, 2.45) is 0 Å². The standard InChI is InChI=1S/C10H10N2O2/c1-14-10(13)8-2-3-9-6-11-4-5-12(9)7-8/h2-7,11H,1H3. The third kappa shape index (κ3) is 1.42. The van der Waals surface area contributed by atoms with Crippen LogP contribution in [-0.2, 0) is 9.53 Å². The Morgan fingerprint density at radius 1 is 1.50 bits per heavy atom. The zero-order chi connectivity index (χ0) is 9.97. The number of methoxy groups -OCH3 is 1. The van der Waals surface area contributed by atoms with Crippen LogP contribution in [0.4, 0.5) is 0 Å². The van der Waals surface area contributed by atoms with E-state index in [0.717, 1.165) is 5.70 Å². The Kier molecular flexibility index (Phi) is 2.10. The normalized spacial score (nSPS) is 17.9. The highest BCUT2D eigenvalue weighted by Crippen LogP contribution is 2.19. The third-order valence-electron chi connectivity index (χ3n) is 1.99. The van der Waals surface area contributed by atoms with Gasteiger partial charge in [-0.1, -0.05) is 0 Å². The minimum absolute atomic E-state index is 0.327. The van der Waals surface area contributed by atoms with Crippen LogP contribution in [0.3, 0.4) is 0 Å². The molecule has 0 atom stereocenters. The number of carbonyl (C=O) groups excluding carboxylic acids is 1. The molecule has 0 fully saturated rings. The van der Waals surface area contributed by atoms with Crippen molar-refractivity contribution in [2.75, 3.05) is 7.11 Å². The van der Waals surface area contributed by atoms with E-state index in [2.05, 4.69) is 10.1 Å². The number of ether oxygens (including phenoxy) is 1. The molecule has 2 heterocycles. The molecule has 2 rings (SSSR count). The molecule has 0 spiro atoms. The summed E-state index contributed by atoms with van der Waals surface area (Å²) in [7, 11) is 1.37.